The fourth-order valence-corrected chi connectivity index (χ4v) is 2.64. The Hall–Kier alpha value is -0.630. The van der Waals surface area contributed by atoms with Crippen LogP contribution in [0.5, 0.6) is 0 Å². The number of rotatable bonds is 17. The predicted octanol–water partition coefficient (Wildman–Crippen LogP) is 5.88. The Morgan fingerprint density at radius 1 is 0.864 bits per heavy atom. The highest BCUT2D eigenvalue weighted by Crippen LogP contribution is 2.11. The first-order valence-corrected chi connectivity index (χ1v) is 9.49. The maximum Gasteiger partial charge on any atom is 0.198 e. The normalized spacial score (nSPS) is 12.8. The van der Waals surface area contributed by atoms with Crippen molar-refractivity contribution in [3.8, 4) is 0 Å². The van der Waals surface area contributed by atoms with Crippen molar-refractivity contribution in [3.63, 3.8) is 0 Å². The molecule has 129 valence electrons. The monoisotopic (exact) mass is 309 g/mol. The number of hydrogen-bond donors (Lipinski definition) is 1. The van der Waals surface area contributed by atoms with Crippen LogP contribution in [0.1, 0.15) is 103 Å². The summed E-state index contributed by atoms with van der Waals surface area (Å²) in [5.74, 6) is 0. The molecule has 2 nitrogen and oxygen atoms in total. The summed E-state index contributed by atoms with van der Waals surface area (Å²) in [4.78, 5) is 10.0. The molecule has 1 unspecified atom stereocenters. The Balaban J connectivity index is 3.21. The van der Waals surface area contributed by atoms with E-state index in [1.54, 1.807) is 0 Å². The summed E-state index contributed by atoms with van der Waals surface area (Å²) < 4.78 is 0. The molecule has 1 radical (unpaired) electrons. The van der Waals surface area contributed by atoms with Gasteiger partial charge in [-0.05, 0) is 32.1 Å². The fourth-order valence-electron chi connectivity index (χ4n) is 2.64. The largest absolute Gasteiger partial charge is 0.393 e. The van der Waals surface area contributed by atoms with Gasteiger partial charge in [-0.15, -0.1) is 0 Å². The molecule has 0 aromatic carbocycles. The molecule has 22 heavy (non-hydrogen) atoms. The van der Waals surface area contributed by atoms with E-state index in [0.29, 0.717) is 6.42 Å². The third-order valence-corrected chi connectivity index (χ3v) is 4.12. The number of aliphatic hydroxyl groups excluding tert-OH is 1. The molecule has 0 heterocycles. The molecule has 0 spiro atoms. The third-order valence-electron chi connectivity index (χ3n) is 4.12. The lowest BCUT2D eigenvalue weighted by molar-refractivity contribution is 0.163. The second-order valence-corrected chi connectivity index (χ2v) is 6.37. The molecule has 0 aliphatic rings. The van der Waals surface area contributed by atoms with Crippen molar-refractivity contribution in [1.29, 1.82) is 0 Å². The van der Waals surface area contributed by atoms with Gasteiger partial charge < -0.3 is 5.11 Å². The van der Waals surface area contributed by atoms with E-state index in [2.05, 4.69) is 19.1 Å². The van der Waals surface area contributed by atoms with Crippen LogP contribution in [0.4, 0.5) is 0 Å². The first-order chi connectivity index (χ1) is 10.8. The SMILES string of the molecule is CCCCCCC(O)CC=CCCCCCCCCC[C]=O. The van der Waals surface area contributed by atoms with Crippen LogP contribution in [0.2, 0.25) is 0 Å². The summed E-state index contributed by atoms with van der Waals surface area (Å²) in [5.41, 5.74) is 0. The van der Waals surface area contributed by atoms with Crippen molar-refractivity contribution in [1.82, 2.24) is 0 Å². The van der Waals surface area contributed by atoms with Crippen molar-refractivity contribution in [2.75, 3.05) is 0 Å². The van der Waals surface area contributed by atoms with Crippen LogP contribution in [0.25, 0.3) is 0 Å². The summed E-state index contributed by atoms with van der Waals surface area (Å²) in [5, 5.41) is 9.83. The summed E-state index contributed by atoms with van der Waals surface area (Å²) in [6.45, 7) is 2.21. The van der Waals surface area contributed by atoms with Crippen LogP contribution in [0.15, 0.2) is 12.2 Å². The number of unbranched alkanes of at least 4 members (excludes halogenated alkanes) is 11. The molecule has 0 rings (SSSR count). The van der Waals surface area contributed by atoms with Gasteiger partial charge in [-0.25, -0.2) is 0 Å². The Bertz CT molecular complexity index is 248. The van der Waals surface area contributed by atoms with Crippen molar-refractivity contribution in [3.05, 3.63) is 12.2 Å². The van der Waals surface area contributed by atoms with Crippen LogP contribution < -0.4 is 0 Å². The average Bonchev–Trinajstić information content (AvgIpc) is 2.52. The Morgan fingerprint density at radius 2 is 1.50 bits per heavy atom. The van der Waals surface area contributed by atoms with Gasteiger partial charge in [0, 0.05) is 6.42 Å². The number of hydrogen-bond acceptors (Lipinski definition) is 2. The summed E-state index contributed by atoms with van der Waals surface area (Å²) in [7, 11) is 0. The molecule has 0 fully saturated rings. The van der Waals surface area contributed by atoms with Gasteiger partial charge in [0.05, 0.1) is 6.10 Å². The zero-order valence-corrected chi connectivity index (χ0v) is 14.7. The molecule has 2 heteroatoms. The Morgan fingerprint density at radius 3 is 2.18 bits per heavy atom. The minimum absolute atomic E-state index is 0.142. The van der Waals surface area contributed by atoms with Gasteiger partial charge in [-0.3, -0.25) is 4.79 Å². The average molecular weight is 310 g/mol. The van der Waals surface area contributed by atoms with E-state index in [-0.39, 0.29) is 6.10 Å². The van der Waals surface area contributed by atoms with E-state index in [9.17, 15) is 9.90 Å². The van der Waals surface area contributed by atoms with E-state index in [4.69, 9.17) is 0 Å². The van der Waals surface area contributed by atoms with E-state index in [1.807, 2.05) is 6.29 Å². The quantitative estimate of drug-likeness (QED) is 0.269. The molecule has 0 amide bonds. The highest BCUT2D eigenvalue weighted by atomic mass is 16.3. The lowest BCUT2D eigenvalue weighted by Crippen LogP contribution is -2.04. The zero-order chi connectivity index (χ0) is 16.3. The van der Waals surface area contributed by atoms with E-state index in [1.165, 1.54) is 57.8 Å². The smallest absolute Gasteiger partial charge is 0.198 e. The molecule has 0 bridgehead atoms. The Kier molecular flexibility index (Phi) is 17.9. The summed E-state index contributed by atoms with van der Waals surface area (Å²) >= 11 is 0. The van der Waals surface area contributed by atoms with Crippen molar-refractivity contribution < 1.29 is 9.90 Å². The number of aliphatic hydroxyl groups is 1. The highest BCUT2D eigenvalue weighted by molar-refractivity contribution is 5.50. The summed E-state index contributed by atoms with van der Waals surface area (Å²) in [6.07, 6.45) is 23.2. The molecule has 0 saturated heterocycles. The predicted molar refractivity (Wildman–Crippen MR) is 95.8 cm³/mol. The maximum absolute atomic E-state index is 10.0. The van der Waals surface area contributed by atoms with Gasteiger partial charge in [-0.1, -0.05) is 76.9 Å². The second-order valence-electron chi connectivity index (χ2n) is 6.37. The maximum atomic E-state index is 10.0. The first kappa shape index (κ1) is 21.4. The van der Waals surface area contributed by atoms with Crippen molar-refractivity contribution >= 4 is 6.29 Å². The topological polar surface area (TPSA) is 37.3 Å². The van der Waals surface area contributed by atoms with Gasteiger partial charge in [-0.2, -0.15) is 0 Å². The molecule has 1 N–H and O–H groups in total. The van der Waals surface area contributed by atoms with E-state index < -0.39 is 0 Å². The first-order valence-electron chi connectivity index (χ1n) is 9.49. The molecule has 0 aliphatic carbocycles. The van der Waals surface area contributed by atoms with Gasteiger partial charge >= 0.3 is 0 Å². The molecule has 0 aliphatic heterocycles. The van der Waals surface area contributed by atoms with Crippen LogP contribution in [0, 0.1) is 0 Å². The lowest BCUT2D eigenvalue weighted by atomic mass is 10.1. The molecular weight excluding hydrogens is 272 g/mol. The molecular formula is C20H37O2. The fraction of sp³-hybridized carbons (Fsp3) is 0.850. The third kappa shape index (κ3) is 17.4. The molecule has 0 saturated carbocycles. The van der Waals surface area contributed by atoms with Crippen LogP contribution in [-0.4, -0.2) is 17.5 Å². The van der Waals surface area contributed by atoms with Crippen LogP contribution in [0.3, 0.4) is 0 Å². The minimum Gasteiger partial charge on any atom is -0.393 e. The molecule has 0 aromatic rings. The Labute approximate surface area is 138 Å². The van der Waals surface area contributed by atoms with E-state index >= 15 is 0 Å². The minimum atomic E-state index is -0.142. The van der Waals surface area contributed by atoms with E-state index in [0.717, 1.165) is 32.1 Å². The van der Waals surface area contributed by atoms with Gasteiger partial charge in [0.1, 0.15) is 0 Å². The van der Waals surface area contributed by atoms with Crippen molar-refractivity contribution in [2.45, 2.75) is 109 Å². The molecule has 0 aromatic heterocycles. The zero-order valence-electron chi connectivity index (χ0n) is 14.7. The summed E-state index contributed by atoms with van der Waals surface area (Å²) in [6, 6.07) is 0. The van der Waals surface area contributed by atoms with Crippen molar-refractivity contribution in [2.24, 2.45) is 0 Å². The number of carbonyl (C=O) groups excluding carboxylic acids is 1. The van der Waals surface area contributed by atoms with Crippen LogP contribution >= 0.6 is 0 Å². The van der Waals surface area contributed by atoms with Gasteiger partial charge in [0.2, 0.25) is 0 Å². The van der Waals surface area contributed by atoms with Crippen LogP contribution in [-0.2, 0) is 4.79 Å². The lowest BCUT2D eigenvalue weighted by Gasteiger charge is -2.07. The standard InChI is InChI=1S/C20H37O2/c1-2-3-4-14-17-20(22)18-15-12-10-8-6-5-7-9-11-13-16-19-21/h12,15,20,22H,2-11,13-14,16-18H2,1H3. The van der Waals surface area contributed by atoms with Gasteiger partial charge in [0.15, 0.2) is 6.29 Å². The molecule has 1 atom stereocenters. The van der Waals surface area contributed by atoms with Gasteiger partial charge in [0.25, 0.3) is 0 Å². The highest BCUT2D eigenvalue weighted by Gasteiger charge is 2.00. The number of allylic oxidation sites excluding steroid dienone is 1. The second kappa shape index (κ2) is 18.4.